The molecule has 1 aliphatic heterocycles. The van der Waals surface area contributed by atoms with Crippen LogP contribution < -0.4 is 0 Å². The topological polar surface area (TPSA) is 55.2 Å². The minimum atomic E-state index is -3.27. The van der Waals surface area contributed by atoms with Crippen LogP contribution in [-0.4, -0.2) is 35.4 Å². The maximum Gasteiger partial charge on any atom is 0.252 e. The summed E-state index contributed by atoms with van der Waals surface area (Å²) >= 11 is 1.29. The van der Waals surface area contributed by atoms with Crippen LogP contribution in [0, 0.1) is 5.92 Å². The van der Waals surface area contributed by atoms with Crippen LogP contribution in [0.4, 0.5) is 0 Å². The smallest absolute Gasteiger partial charge is 0.252 e. The molecule has 0 amide bonds. The van der Waals surface area contributed by atoms with Gasteiger partial charge in [-0.1, -0.05) is 6.07 Å². The number of nitrogens with zero attached hydrogens (tertiary/aromatic N) is 3. The van der Waals surface area contributed by atoms with Gasteiger partial charge in [0.1, 0.15) is 4.21 Å². The van der Waals surface area contributed by atoms with Crippen molar-refractivity contribution in [3.8, 4) is 0 Å². The molecule has 1 aliphatic rings. The normalized spacial score (nSPS) is 18.4. The Morgan fingerprint density at radius 1 is 1.35 bits per heavy atom. The van der Waals surface area contributed by atoms with Gasteiger partial charge < -0.3 is 4.57 Å². The van der Waals surface area contributed by atoms with E-state index in [2.05, 4.69) is 9.55 Å². The lowest BCUT2D eigenvalue weighted by Crippen LogP contribution is -2.38. The Hall–Kier alpha value is -1.18. The zero-order valence-electron chi connectivity index (χ0n) is 11.1. The van der Waals surface area contributed by atoms with Crippen molar-refractivity contribution < 1.29 is 8.42 Å². The first-order chi connectivity index (χ1) is 9.66. The Morgan fingerprint density at radius 2 is 2.15 bits per heavy atom. The van der Waals surface area contributed by atoms with Gasteiger partial charge in [-0.05, 0) is 30.2 Å². The van der Waals surface area contributed by atoms with Crippen molar-refractivity contribution in [2.75, 3.05) is 13.1 Å². The molecule has 0 aliphatic carbocycles. The third-order valence-corrected chi connectivity index (χ3v) is 6.96. The van der Waals surface area contributed by atoms with Crippen LogP contribution in [0.15, 0.2) is 40.4 Å². The highest BCUT2D eigenvalue weighted by molar-refractivity contribution is 7.91. The van der Waals surface area contributed by atoms with E-state index in [9.17, 15) is 8.42 Å². The molecule has 1 fully saturated rings. The lowest BCUT2D eigenvalue weighted by molar-refractivity contribution is 0.253. The fourth-order valence-electron chi connectivity index (χ4n) is 2.56. The number of thiophene rings is 1. The maximum absolute atomic E-state index is 12.4. The van der Waals surface area contributed by atoms with E-state index in [-0.39, 0.29) is 0 Å². The number of aromatic nitrogens is 2. The van der Waals surface area contributed by atoms with Gasteiger partial charge in [0.15, 0.2) is 0 Å². The molecule has 5 nitrogen and oxygen atoms in total. The maximum atomic E-state index is 12.4. The minimum Gasteiger partial charge on any atom is -0.337 e. The highest BCUT2D eigenvalue weighted by Crippen LogP contribution is 2.26. The molecular weight excluding hydrogens is 294 g/mol. The summed E-state index contributed by atoms with van der Waals surface area (Å²) in [7, 11) is -3.27. The van der Waals surface area contributed by atoms with Crippen molar-refractivity contribution >= 4 is 21.4 Å². The van der Waals surface area contributed by atoms with E-state index >= 15 is 0 Å². The summed E-state index contributed by atoms with van der Waals surface area (Å²) in [5.41, 5.74) is 0. The molecule has 7 heteroatoms. The largest absolute Gasteiger partial charge is 0.337 e. The lowest BCUT2D eigenvalue weighted by atomic mass is 9.98. The van der Waals surface area contributed by atoms with Crippen molar-refractivity contribution in [3.63, 3.8) is 0 Å². The summed E-state index contributed by atoms with van der Waals surface area (Å²) in [6.45, 7) is 2.14. The number of sulfonamides is 1. The van der Waals surface area contributed by atoms with Gasteiger partial charge >= 0.3 is 0 Å². The summed E-state index contributed by atoms with van der Waals surface area (Å²) in [6, 6.07) is 3.46. The molecule has 0 saturated carbocycles. The minimum absolute atomic E-state index is 0.450. The summed E-state index contributed by atoms with van der Waals surface area (Å²) in [4.78, 5) is 4.03. The number of imidazole rings is 1. The molecule has 0 bridgehead atoms. The third-order valence-electron chi connectivity index (χ3n) is 3.69. The first kappa shape index (κ1) is 13.8. The first-order valence-electron chi connectivity index (χ1n) is 6.65. The van der Waals surface area contributed by atoms with Gasteiger partial charge in [0.25, 0.3) is 10.0 Å². The second kappa shape index (κ2) is 5.67. The van der Waals surface area contributed by atoms with Crippen LogP contribution in [-0.2, 0) is 16.6 Å². The average molecular weight is 311 g/mol. The van der Waals surface area contributed by atoms with E-state index in [1.54, 1.807) is 28.0 Å². The van der Waals surface area contributed by atoms with Gasteiger partial charge in [-0.25, -0.2) is 13.4 Å². The van der Waals surface area contributed by atoms with E-state index in [0.717, 1.165) is 19.4 Å². The van der Waals surface area contributed by atoms with Crippen molar-refractivity contribution in [1.82, 2.24) is 13.9 Å². The summed E-state index contributed by atoms with van der Waals surface area (Å²) in [5, 5.41) is 1.80. The number of rotatable bonds is 4. The Bertz CT molecular complexity index is 627. The van der Waals surface area contributed by atoms with Crippen molar-refractivity contribution in [2.45, 2.75) is 23.6 Å². The standard InChI is InChI=1S/C13H17N3O2S2/c17-20(18,13-2-1-9-19-13)16-6-3-12(4-7-16)10-15-8-5-14-11-15/h1-2,5,8-9,11-12H,3-4,6-7,10H2. The van der Waals surface area contributed by atoms with Crippen LogP contribution in [0.3, 0.4) is 0 Å². The van der Waals surface area contributed by atoms with Crippen LogP contribution in [0.25, 0.3) is 0 Å². The fourth-order valence-corrected chi connectivity index (χ4v) is 5.18. The SMILES string of the molecule is O=S(=O)(c1cccs1)N1CCC(Cn2ccnc2)CC1. The Morgan fingerprint density at radius 3 is 2.75 bits per heavy atom. The third kappa shape index (κ3) is 2.79. The Labute approximate surface area is 122 Å². The van der Waals surface area contributed by atoms with Gasteiger partial charge in [0.2, 0.25) is 0 Å². The van der Waals surface area contributed by atoms with Gasteiger partial charge in [-0.2, -0.15) is 4.31 Å². The molecular formula is C13H17N3O2S2. The van der Waals surface area contributed by atoms with Crippen molar-refractivity contribution in [2.24, 2.45) is 5.92 Å². The molecule has 2 aromatic rings. The Kier molecular flexibility index (Phi) is 3.91. The molecule has 0 unspecified atom stereocenters. The number of hydrogen-bond acceptors (Lipinski definition) is 4. The van der Waals surface area contributed by atoms with E-state index < -0.39 is 10.0 Å². The van der Waals surface area contributed by atoms with Crippen molar-refractivity contribution in [3.05, 3.63) is 36.2 Å². The van der Waals surface area contributed by atoms with E-state index in [1.807, 2.05) is 12.5 Å². The van der Waals surface area contributed by atoms with Crippen LogP contribution in [0.5, 0.6) is 0 Å². The van der Waals surface area contributed by atoms with E-state index in [1.165, 1.54) is 11.3 Å². The highest BCUT2D eigenvalue weighted by atomic mass is 32.2. The molecule has 0 radical (unpaired) electrons. The molecule has 0 aromatic carbocycles. The second-order valence-corrected chi connectivity index (χ2v) is 8.15. The Balaban J connectivity index is 1.61. The highest BCUT2D eigenvalue weighted by Gasteiger charge is 2.29. The van der Waals surface area contributed by atoms with Crippen LogP contribution in [0.1, 0.15) is 12.8 Å². The molecule has 0 atom stereocenters. The average Bonchev–Trinajstić information content (AvgIpc) is 3.12. The van der Waals surface area contributed by atoms with Crippen LogP contribution in [0.2, 0.25) is 0 Å². The fraction of sp³-hybridized carbons (Fsp3) is 0.462. The quantitative estimate of drug-likeness (QED) is 0.868. The molecule has 3 rings (SSSR count). The van der Waals surface area contributed by atoms with Gasteiger partial charge in [0, 0.05) is 32.0 Å². The van der Waals surface area contributed by atoms with E-state index in [4.69, 9.17) is 0 Å². The van der Waals surface area contributed by atoms with Gasteiger partial charge in [-0.3, -0.25) is 0 Å². The van der Waals surface area contributed by atoms with E-state index in [0.29, 0.717) is 23.2 Å². The first-order valence-corrected chi connectivity index (χ1v) is 8.97. The molecule has 1 saturated heterocycles. The molecule has 3 heterocycles. The summed E-state index contributed by atoms with van der Waals surface area (Å²) in [6.07, 6.45) is 7.35. The number of hydrogen-bond donors (Lipinski definition) is 0. The molecule has 20 heavy (non-hydrogen) atoms. The monoisotopic (exact) mass is 311 g/mol. The predicted molar refractivity (Wildman–Crippen MR) is 78.0 cm³/mol. The predicted octanol–water partition coefficient (Wildman–Crippen LogP) is 2.05. The zero-order chi connectivity index (χ0) is 14.0. The molecule has 2 aromatic heterocycles. The van der Waals surface area contributed by atoms with Gasteiger partial charge in [-0.15, -0.1) is 11.3 Å². The molecule has 108 valence electrons. The zero-order valence-corrected chi connectivity index (χ0v) is 12.7. The summed E-state index contributed by atoms with van der Waals surface area (Å²) < 4.78 is 28.9. The molecule has 0 spiro atoms. The second-order valence-electron chi connectivity index (χ2n) is 5.04. The van der Waals surface area contributed by atoms with Gasteiger partial charge in [0.05, 0.1) is 6.33 Å². The number of piperidine rings is 1. The molecule has 0 N–H and O–H groups in total. The summed E-state index contributed by atoms with van der Waals surface area (Å²) in [5.74, 6) is 0.527. The van der Waals surface area contributed by atoms with Crippen LogP contribution >= 0.6 is 11.3 Å². The van der Waals surface area contributed by atoms with Crippen molar-refractivity contribution in [1.29, 1.82) is 0 Å². The lowest BCUT2D eigenvalue weighted by Gasteiger charge is -2.30.